The number of aromatic nitrogens is 2. The number of H-pyrrole nitrogens is 1. The van der Waals surface area contributed by atoms with Gasteiger partial charge >= 0.3 is 0 Å². The summed E-state index contributed by atoms with van der Waals surface area (Å²) in [5.41, 5.74) is 0.962. The summed E-state index contributed by atoms with van der Waals surface area (Å²) in [6.07, 6.45) is 3.90. The van der Waals surface area contributed by atoms with E-state index >= 15 is 0 Å². The van der Waals surface area contributed by atoms with Crippen molar-refractivity contribution in [1.82, 2.24) is 9.97 Å². The zero-order valence-corrected chi connectivity index (χ0v) is 8.19. The molecule has 1 heterocycles. The zero-order chi connectivity index (χ0) is 8.97. The molecule has 0 radical (unpaired) electrons. The average molecular weight is 186 g/mol. The van der Waals surface area contributed by atoms with Crippen LogP contribution in [0, 0.1) is 6.92 Å². The van der Waals surface area contributed by atoms with Gasteiger partial charge in [-0.05, 0) is 13.2 Å². The number of aliphatic hydroxyl groups excluding tert-OH is 1. The summed E-state index contributed by atoms with van der Waals surface area (Å²) in [5, 5.41) is 9.05. The summed E-state index contributed by atoms with van der Waals surface area (Å²) in [6, 6.07) is 0. The molecule has 0 amide bonds. The van der Waals surface area contributed by atoms with Crippen LogP contribution < -0.4 is 0 Å². The van der Waals surface area contributed by atoms with E-state index in [4.69, 9.17) is 5.11 Å². The van der Waals surface area contributed by atoms with Gasteiger partial charge in [-0.1, -0.05) is 0 Å². The first-order valence-corrected chi connectivity index (χ1v) is 5.29. The van der Waals surface area contributed by atoms with E-state index in [1.54, 1.807) is 11.8 Å². The van der Waals surface area contributed by atoms with E-state index in [-0.39, 0.29) is 12.5 Å². The summed E-state index contributed by atoms with van der Waals surface area (Å²) in [7, 11) is 0. The van der Waals surface area contributed by atoms with E-state index in [1.807, 2.05) is 19.4 Å². The molecular weight excluding hydrogens is 172 g/mol. The van der Waals surface area contributed by atoms with Crippen molar-refractivity contribution in [2.75, 3.05) is 18.6 Å². The molecule has 12 heavy (non-hydrogen) atoms. The Hall–Kier alpha value is -0.480. The SMILES string of the molecule is CSCC(CO)c1c[nH]c(C)n1. The normalized spacial score (nSPS) is 13.2. The second-order valence-electron chi connectivity index (χ2n) is 2.75. The molecule has 0 saturated heterocycles. The van der Waals surface area contributed by atoms with Gasteiger partial charge in [-0.3, -0.25) is 0 Å². The monoisotopic (exact) mass is 186 g/mol. The summed E-state index contributed by atoms with van der Waals surface area (Å²) in [4.78, 5) is 7.28. The van der Waals surface area contributed by atoms with Crippen molar-refractivity contribution >= 4 is 11.8 Å². The van der Waals surface area contributed by atoms with E-state index in [1.165, 1.54) is 0 Å². The average Bonchev–Trinajstić information content (AvgIpc) is 2.47. The highest BCUT2D eigenvalue weighted by atomic mass is 32.2. The van der Waals surface area contributed by atoms with E-state index < -0.39 is 0 Å². The highest BCUT2D eigenvalue weighted by molar-refractivity contribution is 7.98. The van der Waals surface area contributed by atoms with Gasteiger partial charge in [0.2, 0.25) is 0 Å². The van der Waals surface area contributed by atoms with Crippen LogP contribution in [0.15, 0.2) is 6.20 Å². The molecule has 0 spiro atoms. The lowest BCUT2D eigenvalue weighted by molar-refractivity contribution is 0.273. The Balaban J connectivity index is 2.66. The Labute approximate surface area is 76.6 Å². The minimum atomic E-state index is 0.171. The van der Waals surface area contributed by atoms with Crippen LogP contribution in [0.3, 0.4) is 0 Å². The lowest BCUT2D eigenvalue weighted by atomic mass is 10.1. The number of thioether (sulfide) groups is 1. The second kappa shape index (κ2) is 4.52. The van der Waals surface area contributed by atoms with Crippen molar-refractivity contribution < 1.29 is 5.11 Å². The molecule has 68 valence electrons. The Morgan fingerprint density at radius 2 is 2.50 bits per heavy atom. The molecule has 1 rings (SSSR count). The number of aromatic amines is 1. The van der Waals surface area contributed by atoms with Crippen molar-refractivity contribution in [1.29, 1.82) is 0 Å². The molecule has 0 aliphatic carbocycles. The molecule has 0 aromatic carbocycles. The fourth-order valence-electron chi connectivity index (χ4n) is 1.08. The van der Waals surface area contributed by atoms with Crippen molar-refractivity contribution in [2.45, 2.75) is 12.8 Å². The topological polar surface area (TPSA) is 48.9 Å². The van der Waals surface area contributed by atoms with Crippen molar-refractivity contribution in [3.63, 3.8) is 0 Å². The predicted octanol–water partition coefficient (Wildman–Crippen LogP) is 1.16. The molecule has 1 atom stereocenters. The molecular formula is C8H14N2OS. The van der Waals surface area contributed by atoms with Crippen LogP contribution in [0.4, 0.5) is 0 Å². The molecule has 1 aromatic heterocycles. The summed E-state index contributed by atoms with van der Waals surface area (Å²) >= 11 is 1.72. The van der Waals surface area contributed by atoms with Gasteiger partial charge in [0.05, 0.1) is 12.3 Å². The minimum absolute atomic E-state index is 0.171. The van der Waals surface area contributed by atoms with Crippen LogP contribution in [0.5, 0.6) is 0 Å². The molecule has 0 fully saturated rings. The Morgan fingerprint density at radius 1 is 1.75 bits per heavy atom. The van der Waals surface area contributed by atoms with Crippen LogP contribution in [-0.2, 0) is 0 Å². The number of hydrogen-bond acceptors (Lipinski definition) is 3. The third-order valence-corrected chi connectivity index (χ3v) is 2.47. The van der Waals surface area contributed by atoms with Crippen molar-refractivity contribution in [2.24, 2.45) is 0 Å². The first kappa shape index (κ1) is 9.61. The predicted molar refractivity (Wildman–Crippen MR) is 51.5 cm³/mol. The molecule has 3 nitrogen and oxygen atoms in total. The fraction of sp³-hybridized carbons (Fsp3) is 0.625. The largest absolute Gasteiger partial charge is 0.396 e. The summed E-state index contributed by atoms with van der Waals surface area (Å²) < 4.78 is 0. The number of hydrogen-bond donors (Lipinski definition) is 2. The highest BCUT2D eigenvalue weighted by Gasteiger charge is 2.11. The molecule has 1 aromatic rings. The van der Waals surface area contributed by atoms with Gasteiger partial charge in [0.25, 0.3) is 0 Å². The van der Waals surface area contributed by atoms with Crippen LogP contribution in [0.25, 0.3) is 0 Å². The lowest BCUT2D eigenvalue weighted by Crippen LogP contribution is -2.07. The van der Waals surface area contributed by atoms with E-state index in [0.717, 1.165) is 17.3 Å². The maximum absolute atomic E-state index is 9.05. The van der Waals surface area contributed by atoms with Gasteiger partial charge in [0.1, 0.15) is 5.82 Å². The van der Waals surface area contributed by atoms with E-state index in [2.05, 4.69) is 9.97 Å². The number of aryl methyl sites for hydroxylation is 1. The number of nitrogens with zero attached hydrogens (tertiary/aromatic N) is 1. The van der Waals surface area contributed by atoms with Crippen molar-refractivity contribution in [3.8, 4) is 0 Å². The maximum atomic E-state index is 9.05. The standard InChI is InChI=1S/C8H14N2OS/c1-6-9-3-8(10-6)7(4-11)5-12-2/h3,7,11H,4-5H2,1-2H3,(H,9,10). The molecule has 0 bridgehead atoms. The van der Waals surface area contributed by atoms with Crippen molar-refractivity contribution in [3.05, 3.63) is 17.7 Å². The lowest BCUT2D eigenvalue weighted by Gasteiger charge is -2.08. The van der Waals surface area contributed by atoms with E-state index in [9.17, 15) is 0 Å². The zero-order valence-electron chi connectivity index (χ0n) is 7.37. The first-order valence-electron chi connectivity index (χ1n) is 3.89. The van der Waals surface area contributed by atoms with Gasteiger partial charge in [-0.15, -0.1) is 0 Å². The fourth-order valence-corrected chi connectivity index (χ4v) is 1.76. The van der Waals surface area contributed by atoms with E-state index in [0.29, 0.717) is 0 Å². The number of nitrogens with one attached hydrogen (secondary N) is 1. The molecule has 1 unspecified atom stereocenters. The molecule has 2 N–H and O–H groups in total. The van der Waals surface area contributed by atoms with Gasteiger partial charge < -0.3 is 10.1 Å². The number of rotatable bonds is 4. The molecule has 0 aliphatic rings. The smallest absolute Gasteiger partial charge is 0.103 e. The molecule has 0 saturated carbocycles. The number of aliphatic hydroxyl groups is 1. The minimum Gasteiger partial charge on any atom is -0.396 e. The first-order chi connectivity index (χ1) is 5.77. The quantitative estimate of drug-likeness (QED) is 0.741. The van der Waals surface area contributed by atoms with Crippen LogP contribution in [0.2, 0.25) is 0 Å². The Bertz CT molecular complexity index is 237. The van der Waals surface area contributed by atoms with Crippen LogP contribution in [0.1, 0.15) is 17.4 Å². The van der Waals surface area contributed by atoms with Crippen LogP contribution in [-0.4, -0.2) is 33.7 Å². The van der Waals surface area contributed by atoms with Gasteiger partial charge in [0, 0.05) is 17.9 Å². The Kier molecular flexibility index (Phi) is 3.62. The Morgan fingerprint density at radius 3 is 2.92 bits per heavy atom. The van der Waals surface area contributed by atoms with Crippen LogP contribution >= 0.6 is 11.8 Å². The highest BCUT2D eigenvalue weighted by Crippen LogP contribution is 2.16. The van der Waals surface area contributed by atoms with Gasteiger partial charge in [-0.2, -0.15) is 11.8 Å². The van der Waals surface area contributed by atoms with Gasteiger partial charge in [0.15, 0.2) is 0 Å². The molecule has 4 heteroatoms. The summed E-state index contributed by atoms with van der Waals surface area (Å²) in [6.45, 7) is 2.09. The summed E-state index contributed by atoms with van der Waals surface area (Å²) in [5.74, 6) is 2.00. The van der Waals surface area contributed by atoms with Gasteiger partial charge in [-0.25, -0.2) is 4.98 Å². The maximum Gasteiger partial charge on any atom is 0.103 e. The number of imidazole rings is 1. The molecule has 0 aliphatic heterocycles. The second-order valence-corrected chi connectivity index (χ2v) is 3.66. The third kappa shape index (κ3) is 2.25. The third-order valence-electron chi connectivity index (χ3n) is 1.73.